The van der Waals surface area contributed by atoms with Gasteiger partial charge in [0.05, 0.1) is 5.56 Å². The van der Waals surface area contributed by atoms with E-state index in [2.05, 4.69) is 22.1 Å². The highest BCUT2D eigenvalue weighted by molar-refractivity contribution is 5.67. The van der Waals surface area contributed by atoms with Crippen molar-refractivity contribution in [3.8, 4) is 17.9 Å². The van der Waals surface area contributed by atoms with Crippen LogP contribution in [0.4, 0.5) is 4.79 Å². The summed E-state index contributed by atoms with van der Waals surface area (Å²) in [5.74, 6) is 5.67. The first-order chi connectivity index (χ1) is 9.42. The molecule has 0 unspecified atom stereocenters. The van der Waals surface area contributed by atoms with Crippen molar-refractivity contribution in [2.75, 3.05) is 6.54 Å². The normalized spacial score (nSPS) is 9.90. The topological polar surface area (TPSA) is 75.0 Å². The summed E-state index contributed by atoms with van der Waals surface area (Å²) in [6, 6.07) is 5.38. The molecule has 0 fully saturated rings. The summed E-state index contributed by atoms with van der Waals surface area (Å²) >= 11 is 0. The maximum Gasteiger partial charge on any atom is 0.407 e. The van der Waals surface area contributed by atoms with Gasteiger partial charge in [0.1, 0.15) is 17.4 Å². The average molecular weight is 271 g/mol. The van der Waals surface area contributed by atoms with Gasteiger partial charge in [-0.3, -0.25) is 0 Å². The molecule has 104 valence electrons. The zero-order valence-electron chi connectivity index (χ0n) is 11.9. The van der Waals surface area contributed by atoms with Gasteiger partial charge < -0.3 is 10.1 Å². The van der Waals surface area contributed by atoms with Crippen LogP contribution >= 0.6 is 0 Å². The minimum atomic E-state index is -0.509. The molecule has 0 aromatic carbocycles. The average Bonchev–Trinajstić information content (AvgIpc) is 2.36. The van der Waals surface area contributed by atoms with Gasteiger partial charge in [-0.15, -0.1) is 0 Å². The van der Waals surface area contributed by atoms with E-state index < -0.39 is 11.7 Å². The second-order valence-electron chi connectivity index (χ2n) is 4.99. The molecule has 1 aromatic heterocycles. The largest absolute Gasteiger partial charge is 0.444 e. The molecule has 0 saturated carbocycles. The predicted molar refractivity (Wildman–Crippen MR) is 74.7 cm³/mol. The Labute approximate surface area is 119 Å². The molecular formula is C15H17N3O2. The summed E-state index contributed by atoms with van der Waals surface area (Å²) in [6.07, 6.45) is 1.58. The molecule has 1 N–H and O–H groups in total. The van der Waals surface area contributed by atoms with Gasteiger partial charge in [0.15, 0.2) is 0 Å². The van der Waals surface area contributed by atoms with Gasteiger partial charge in [-0.05, 0) is 38.8 Å². The molecular weight excluding hydrogens is 254 g/mol. The molecule has 0 saturated heterocycles. The number of hydrogen-bond acceptors (Lipinski definition) is 4. The van der Waals surface area contributed by atoms with E-state index in [1.807, 2.05) is 6.07 Å². The fraction of sp³-hybridized carbons (Fsp3) is 0.400. The summed E-state index contributed by atoms with van der Waals surface area (Å²) in [5.41, 5.74) is 0.387. The van der Waals surface area contributed by atoms with Crippen molar-refractivity contribution in [2.24, 2.45) is 0 Å². The summed E-state index contributed by atoms with van der Waals surface area (Å²) in [7, 11) is 0. The van der Waals surface area contributed by atoms with Gasteiger partial charge in [0.2, 0.25) is 0 Å². The minimum Gasteiger partial charge on any atom is -0.444 e. The van der Waals surface area contributed by atoms with Crippen LogP contribution in [0.1, 0.15) is 38.4 Å². The molecule has 0 aliphatic heterocycles. The van der Waals surface area contributed by atoms with Crippen LogP contribution in [0.5, 0.6) is 0 Å². The number of nitrogens with one attached hydrogen (secondary N) is 1. The molecule has 1 aromatic rings. The predicted octanol–water partition coefficient (Wildman–Crippen LogP) is 2.22. The second-order valence-corrected chi connectivity index (χ2v) is 4.99. The summed E-state index contributed by atoms with van der Waals surface area (Å²) in [5, 5.41) is 11.5. The van der Waals surface area contributed by atoms with Crippen molar-refractivity contribution in [3.05, 3.63) is 29.6 Å². The van der Waals surface area contributed by atoms with Crippen LogP contribution in [0, 0.1) is 23.2 Å². The fourth-order valence-corrected chi connectivity index (χ4v) is 1.28. The maximum absolute atomic E-state index is 11.4. The first kappa shape index (κ1) is 15.5. The van der Waals surface area contributed by atoms with Gasteiger partial charge in [-0.25, -0.2) is 9.78 Å². The highest BCUT2D eigenvalue weighted by Gasteiger charge is 2.15. The first-order valence-electron chi connectivity index (χ1n) is 6.23. The second kappa shape index (κ2) is 7.16. The van der Waals surface area contributed by atoms with Crippen LogP contribution < -0.4 is 5.32 Å². The van der Waals surface area contributed by atoms with Gasteiger partial charge in [-0.2, -0.15) is 5.26 Å². The van der Waals surface area contributed by atoms with Crippen LogP contribution in [0.3, 0.4) is 0 Å². The SMILES string of the molecule is CC(C)(C)OC(=O)NCCC#Cc1ncccc1C#N. The molecule has 1 amide bonds. The number of ether oxygens (including phenoxy) is 1. The fourth-order valence-electron chi connectivity index (χ4n) is 1.28. The maximum atomic E-state index is 11.4. The number of rotatable bonds is 2. The monoisotopic (exact) mass is 271 g/mol. The van der Waals surface area contributed by atoms with Crippen molar-refractivity contribution in [1.82, 2.24) is 10.3 Å². The highest BCUT2D eigenvalue weighted by Crippen LogP contribution is 2.06. The number of pyridine rings is 1. The highest BCUT2D eigenvalue weighted by atomic mass is 16.6. The number of alkyl carbamates (subject to hydrolysis) is 1. The molecule has 1 rings (SSSR count). The Kier molecular flexibility index (Phi) is 5.56. The van der Waals surface area contributed by atoms with Gasteiger partial charge >= 0.3 is 6.09 Å². The Bertz CT molecular complexity index is 571. The van der Waals surface area contributed by atoms with E-state index in [9.17, 15) is 4.79 Å². The third kappa shape index (κ3) is 5.88. The standard InChI is InChI=1S/C15H17N3O2/c1-15(2,3)20-14(19)18-9-5-4-8-13-12(11-16)7-6-10-17-13/h6-7,10H,5,9H2,1-3H3,(H,18,19). The minimum absolute atomic E-state index is 0.386. The molecule has 0 aliphatic carbocycles. The Morgan fingerprint density at radius 1 is 1.50 bits per heavy atom. The van der Waals surface area contributed by atoms with Crippen molar-refractivity contribution in [2.45, 2.75) is 32.8 Å². The van der Waals surface area contributed by atoms with E-state index in [4.69, 9.17) is 10.00 Å². The molecule has 1 heterocycles. The molecule has 0 spiro atoms. The summed E-state index contributed by atoms with van der Waals surface area (Å²) < 4.78 is 5.09. The zero-order chi connectivity index (χ0) is 15.0. The van der Waals surface area contributed by atoms with E-state index in [1.165, 1.54) is 0 Å². The van der Waals surface area contributed by atoms with Gasteiger partial charge in [0.25, 0.3) is 0 Å². The third-order valence-electron chi connectivity index (χ3n) is 2.05. The first-order valence-corrected chi connectivity index (χ1v) is 6.23. The Morgan fingerprint density at radius 3 is 2.90 bits per heavy atom. The van der Waals surface area contributed by atoms with E-state index in [0.29, 0.717) is 24.2 Å². The van der Waals surface area contributed by atoms with Gasteiger partial charge in [0, 0.05) is 19.2 Å². The van der Waals surface area contributed by atoms with Crippen molar-refractivity contribution >= 4 is 6.09 Å². The molecule has 0 bridgehead atoms. The lowest BCUT2D eigenvalue weighted by molar-refractivity contribution is 0.0529. The van der Waals surface area contributed by atoms with Gasteiger partial charge in [-0.1, -0.05) is 5.92 Å². The van der Waals surface area contributed by atoms with E-state index in [-0.39, 0.29) is 0 Å². The number of hydrogen-bond donors (Lipinski definition) is 1. The number of nitrogens with zero attached hydrogens (tertiary/aromatic N) is 2. The van der Waals surface area contributed by atoms with Crippen molar-refractivity contribution < 1.29 is 9.53 Å². The molecule has 0 atom stereocenters. The van der Waals surface area contributed by atoms with E-state index >= 15 is 0 Å². The third-order valence-corrected chi connectivity index (χ3v) is 2.05. The Morgan fingerprint density at radius 2 is 2.25 bits per heavy atom. The van der Waals surface area contributed by atoms with Crippen molar-refractivity contribution in [1.29, 1.82) is 5.26 Å². The molecule has 0 radical (unpaired) electrons. The lowest BCUT2D eigenvalue weighted by Crippen LogP contribution is -2.32. The smallest absolute Gasteiger partial charge is 0.407 e. The molecule has 0 aliphatic rings. The van der Waals surface area contributed by atoms with Crippen LogP contribution in [0.15, 0.2) is 18.3 Å². The lowest BCUT2D eigenvalue weighted by atomic mass is 10.2. The number of carbonyl (C=O) groups is 1. The Balaban J connectivity index is 2.41. The van der Waals surface area contributed by atoms with Crippen LogP contribution in [-0.2, 0) is 4.74 Å². The van der Waals surface area contributed by atoms with Crippen LogP contribution in [-0.4, -0.2) is 23.2 Å². The molecule has 5 heteroatoms. The van der Waals surface area contributed by atoms with Crippen molar-refractivity contribution in [3.63, 3.8) is 0 Å². The summed E-state index contributed by atoms with van der Waals surface area (Å²) in [6.45, 7) is 5.79. The molecule has 20 heavy (non-hydrogen) atoms. The Hall–Kier alpha value is -2.53. The number of nitriles is 1. The zero-order valence-corrected chi connectivity index (χ0v) is 11.9. The quantitative estimate of drug-likeness (QED) is 0.661. The van der Waals surface area contributed by atoms with Crippen LogP contribution in [0.2, 0.25) is 0 Å². The van der Waals surface area contributed by atoms with Crippen LogP contribution in [0.25, 0.3) is 0 Å². The van der Waals surface area contributed by atoms with E-state index in [0.717, 1.165) is 0 Å². The lowest BCUT2D eigenvalue weighted by Gasteiger charge is -2.19. The summed E-state index contributed by atoms with van der Waals surface area (Å²) in [4.78, 5) is 15.4. The van der Waals surface area contributed by atoms with E-state index in [1.54, 1.807) is 39.1 Å². The number of aromatic nitrogens is 1. The number of amides is 1. The number of carbonyl (C=O) groups excluding carboxylic acids is 1. The molecule has 5 nitrogen and oxygen atoms in total.